The minimum absolute atomic E-state index is 0.151. The van der Waals surface area contributed by atoms with Gasteiger partial charge in [0.2, 0.25) is 0 Å². The molecule has 1 heterocycles. The summed E-state index contributed by atoms with van der Waals surface area (Å²) in [5.74, 6) is 1.01. The minimum atomic E-state index is 0.151. The summed E-state index contributed by atoms with van der Waals surface area (Å²) in [7, 11) is 0. The molecule has 0 bridgehead atoms. The first kappa shape index (κ1) is 26.8. The van der Waals surface area contributed by atoms with Gasteiger partial charge in [0.1, 0.15) is 11.3 Å². The van der Waals surface area contributed by atoms with Gasteiger partial charge in [0.05, 0.1) is 12.1 Å². The fourth-order valence-electron chi connectivity index (χ4n) is 7.55. The average Bonchev–Trinajstić information content (AvgIpc) is 3.52. The van der Waals surface area contributed by atoms with Crippen LogP contribution in [-0.4, -0.2) is 6.04 Å². The SMILES string of the molecule is C1=CCC(N(c2ccc(-c3ccccc3)cc2)C2Cc3c(oc4c(-c5ccc6ccccc6c5)cccc34)-c3ccccc32)C=C1. The lowest BCUT2D eigenvalue weighted by atomic mass is 9.83. The van der Waals surface area contributed by atoms with Gasteiger partial charge < -0.3 is 9.32 Å². The molecule has 220 valence electrons. The second kappa shape index (κ2) is 11.1. The second-order valence-electron chi connectivity index (χ2n) is 12.4. The van der Waals surface area contributed by atoms with Gasteiger partial charge in [-0.15, -0.1) is 0 Å². The summed E-state index contributed by atoms with van der Waals surface area (Å²) in [5.41, 5.74) is 10.8. The van der Waals surface area contributed by atoms with E-state index in [2.05, 4.69) is 169 Å². The van der Waals surface area contributed by atoms with Crippen molar-refractivity contribution in [3.05, 3.63) is 175 Å². The lowest BCUT2D eigenvalue weighted by Gasteiger charge is -2.42. The van der Waals surface area contributed by atoms with Crippen LogP contribution in [0.2, 0.25) is 0 Å². The Kier molecular flexibility index (Phi) is 6.45. The highest BCUT2D eigenvalue weighted by atomic mass is 16.3. The predicted octanol–water partition coefficient (Wildman–Crippen LogP) is 11.6. The van der Waals surface area contributed by atoms with Gasteiger partial charge in [-0.25, -0.2) is 0 Å². The number of allylic oxidation sites excluding steroid dienone is 2. The molecule has 2 nitrogen and oxygen atoms in total. The fraction of sp³-hybridized carbons (Fsp3) is 0.0909. The first-order valence-corrected chi connectivity index (χ1v) is 16.2. The van der Waals surface area contributed by atoms with E-state index in [0.717, 1.165) is 29.7 Å². The minimum Gasteiger partial charge on any atom is -0.455 e. The quantitative estimate of drug-likeness (QED) is 0.198. The molecule has 1 aromatic heterocycles. The maximum absolute atomic E-state index is 6.91. The largest absolute Gasteiger partial charge is 0.455 e. The monoisotopic (exact) mass is 591 g/mol. The summed E-state index contributed by atoms with van der Waals surface area (Å²) in [5, 5.41) is 3.69. The Hall–Kier alpha value is -5.60. The number of anilines is 1. The number of fused-ring (bicyclic) bond motifs is 6. The Morgan fingerprint density at radius 2 is 1.33 bits per heavy atom. The number of para-hydroxylation sites is 1. The van der Waals surface area contributed by atoms with Crippen molar-refractivity contribution in [2.45, 2.75) is 24.9 Å². The van der Waals surface area contributed by atoms with Crippen LogP contribution in [0.15, 0.2) is 168 Å². The highest BCUT2D eigenvalue weighted by Crippen LogP contribution is 2.49. The van der Waals surface area contributed by atoms with Crippen molar-refractivity contribution in [1.29, 1.82) is 0 Å². The number of rotatable bonds is 5. The van der Waals surface area contributed by atoms with Crippen LogP contribution in [0.5, 0.6) is 0 Å². The molecular formula is C44H33NO. The summed E-state index contributed by atoms with van der Waals surface area (Å²) in [4.78, 5) is 2.64. The van der Waals surface area contributed by atoms with Crippen molar-refractivity contribution >= 4 is 27.4 Å². The van der Waals surface area contributed by atoms with Crippen molar-refractivity contribution < 1.29 is 4.42 Å². The zero-order valence-corrected chi connectivity index (χ0v) is 25.5. The van der Waals surface area contributed by atoms with Gasteiger partial charge in [0.15, 0.2) is 0 Å². The van der Waals surface area contributed by atoms with Crippen LogP contribution in [0.25, 0.3) is 55.3 Å². The molecule has 0 amide bonds. The van der Waals surface area contributed by atoms with Crippen molar-refractivity contribution in [3.8, 4) is 33.6 Å². The molecule has 0 spiro atoms. The first-order chi connectivity index (χ1) is 22.8. The number of furan rings is 1. The summed E-state index contributed by atoms with van der Waals surface area (Å²) in [6.07, 6.45) is 10.9. The van der Waals surface area contributed by atoms with Gasteiger partial charge in [-0.1, -0.05) is 146 Å². The molecule has 0 N–H and O–H groups in total. The zero-order valence-electron chi connectivity index (χ0n) is 25.5. The standard InChI is InChI=1S/C44H33NO/c1-3-12-30(13-4-1)32-24-26-36(27-25-32)45(35-16-5-2-6-17-35)42-29-41-40-21-11-20-37(34-23-22-31-14-7-8-15-33(31)28-34)43(40)46-44(41)39-19-10-9-18-38(39)42/h1-16,18-28,35,42H,17,29H2. The number of hydrogen-bond donors (Lipinski definition) is 0. The molecule has 0 saturated heterocycles. The van der Waals surface area contributed by atoms with Crippen molar-refractivity contribution in [3.63, 3.8) is 0 Å². The van der Waals surface area contributed by atoms with Crippen molar-refractivity contribution in [2.75, 3.05) is 4.90 Å². The molecular weight excluding hydrogens is 558 g/mol. The van der Waals surface area contributed by atoms with Gasteiger partial charge >= 0.3 is 0 Å². The topological polar surface area (TPSA) is 16.4 Å². The molecule has 2 aliphatic rings. The molecule has 0 saturated carbocycles. The van der Waals surface area contributed by atoms with Crippen LogP contribution < -0.4 is 4.90 Å². The van der Waals surface area contributed by atoms with E-state index < -0.39 is 0 Å². The van der Waals surface area contributed by atoms with Gasteiger partial charge in [0, 0.05) is 34.2 Å². The van der Waals surface area contributed by atoms with E-state index in [1.807, 2.05) is 0 Å². The summed E-state index contributed by atoms with van der Waals surface area (Å²) < 4.78 is 6.91. The van der Waals surface area contributed by atoms with E-state index in [4.69, 9.17) is 4.42 Å². The Morgan fingerprint density at radius 1 is 0.587 bits per heavy atom. The van der Waals surface area contributed by atoms with Crippen LogP contribution in [-0.2, 0) is 6.42 Å². The summed E-state index contributed by atoms with van der Waals surface area (Å²) >= 11 is 0. The Labute approximate surface area is 269 Å². The van der Waals surface area contributed by atoms with Crippen molar-refractivity contribution in [1.82, 2.24) is 0 Å². The molecule has 0 aliphatic heterocycles. The average molecular weight is 592 g/mol. The molecule has 2 heteroatoms. The van der Waals surface area contributed by atoms with Crippen LogP contribution >= 0.6 is 0 Å². The van der Waals surface area contributed by atoms with E-state index in [1.54, 1.807) is 0 Å². The molecule has 0 radical (unpaired) electrons. The van der Waals surface area contributed by atoms with Crippen LogP contribution in [0.1, 0.15) is 23.6 Å². The number of nitrogens with zero attached hydrogens (tertiary/aromatic N) is 1. The first-order valence-electron chi connectivity index (χ1n) is 16.2. The maximum Gasteiger partial charge on any atom is 0.142 e. The second-order valence-corrected chi connectivity index (χ2v) is 12.4. The van der Waals surface area contributed by atoms with Gasteiger partial charge in [-0.2, -0.15) is 0 Å². The predicted molar refractivity (Wildman–Crippen MR) is 192 cm³/mol. The Morgan fingerprint density at radius 3 is 2.17 bits per heavy atom. The smallest absolute Gasteiger partial charge is 0.142 e. The third-order valence-corrected chi connectivity index (χ3v) is 9.76. The third-order valence-electron chi connectivity index (χ3n) is 9.76. The third kappa shape index (κ3) is 4.49. The molecule has 6 aromatic carbocycles. The molecule has 2 atom stereocenters. The van der Waals surface area contributed by atoms with Gasteiger partial charge in [0.25, 0.3) is 0 Å². The van der Waals surface area contributed by atoms with Crippen molar-refractivity contribution in [2.24, 2.45) is 0 Å². The molecule has 9 rings (SSSR count). The molecule has 46 heavy (non-hydrogen) atoms. The zero-order chi connectivity index (χ0) is 30.5. The van der Waals surface area contributed by atoms with Crippen LogP contribution in [0.3, 0.4) is 0 Å². The van der Waals surface area contributed by atoms with Gasteiger partial charge in [-0.3, -0.25) is 0 Å². The Bertz CT molecular complexity index is 2270. The Balaban J connectivity index is 1.18. The molecule has 0 fully saturated rings. The molecule has 7 aromatic rings. The summed E-state index contributed by atoms with van der Waals surface area (Å²) in [6.45, 7) is 0. The normalized spacial score (nSPS) is 16.8. The maximum atomic E-state index is 6.91. The van der Waals surface area contributed by atoms with E-state index >= 15 is 0 Å². The van der Waals surface area contributed by atoms with E-state index in [0.29, 0.717) is 0 Å². The summed E-state index contributed by atoms with van der Waals surface area (Å²) in [6, 6.07) is 50.9. The lowest BCUT2D eigenvalue weighted by molar-refractivity contribution is 0.547. The highest BCUT2D eigenvalue weighted by molar-refractivity contribution is 6.00. The fourth-order valence-corrected chi connectivity index (χ4v) is 7.55. The number of benzene rings is 6. The van der Waals surface area contributed by atoms with Crippen LogP contribution in [0, 0.1) is 0 Å². The highest BCUT2D eigenvalue weighted by Gasteiger charge is 2.35. The molecule has 2 aliphatic carbocycles. The van der Waals surface area contributed by atoms with Crippen LogP contribution in [0.4, 0.5) is 5.69 Å². The van der Waals surface area contributed by atoms with Gasteiger partial charge in [-0.05, 0) is 57.6 Å². The lowest BCUT2D eigenvalue weighted by Crippen LogP contribution is -2.40. The van der Waals surface area contributed by atoms with E-state index in [9.17, 15) is 0 Å². The number of hydrogen-bond acceptors (Lipinski definition) is 2. The molecule has 2 unspecified atom stereocenters. The van der Waals surface area contributed by atoms with E-state index in [-0.39, 0.29) is 12.1 Å². The van der Waals surface area contributed by atoms with E-state index in [1.165, 1.54) is 55.2 Å².